The number of amides is 2. The lowest BCUT2D eigenvalue weighted by molar-refractivity contribution is -0.122. The summed E-state index contributed by atoms with van der Waals surface area (Å²) in [7, 11) is 0. The second-order valence-electron chi connectivity index (χ2n) is 7.46. The molecule has 0 bridgehead atoms. The van der Waals surface area contributed by atoms with E-state index in [2.05, 4.69) is 5.32 Å². The molecule has 1 fully saturated rings. The number of rotatable bonds is 3. The molecule has 2 aromatic rings. The van der Waals surface area contributed by atoms with Crippen molar-refractivity contribution >= 4 is 34.6 Å². The van der Waals surface area contributed by atoms with Crippen LogP contribution in [0, 0.1) is 25.6 Å². The maximum absolute atomic E-state index is 13.4. The van der Waals surface area contributed by atoms with Crippen LogP contribution < -0.4 is 10.2 Å². The van der Waals surface area contributed by atoms with E-state index in [-0.39, 0.29) is 24.3 Å². The van der Waals surface area contributed by atoms with Gasteiger partial charge >= 0.3 is 0 Å². The van der Waals surface area contributed by atoms with Crippen molar-refractivity contribution < 1.29 is 14.0 Å². The lowest BCUT2D eigenvalue weighted by Gasteiger charge is -2.25. The number of carbonyl (C=O) groups excluding carboxylic acids is 2. The van der Waals surface area contributed by atoms with Crippen LogP contribution in [0.15, 0.2) is 41.4 Å². The molecule has 1 heterocycles. The van der Waals surface area contributed by atoms with Gasteiger partial charge in [-0.3, -0.25) is 14.6 Å². The molecule has 2 aromatic carbocycles. The molecule has 1 saturated carbocycles. The number of fused-ring (bicyclic) bond motifs is 2. The van der Waals surface area contributed by atoms with E-state index in [0.29, 0.717) is 11.4 Å². The van der Waals surface area contributed by atoms with Crippen LogP contribution in [0.25, 0.3) is 0 Å². The van der Waals surface area contributed by atoms with Gasteiger partial charge in [-0.25, -0.2) is 4.39 Å². The first-order valence-electron chi connectivity index (χ1n) is 9.48. The molecule has 1 atom stereocenters. The Morgan fingerprint density at radius 2 is 2.04 bits per heavy atom. The molecule has 28 heavy (non-hydrogen) atoms. The smallest absolute Gasteiger partial charge is 0.244 e. The van der Waals surface area contributed by atoms with Gasteiger partial charge in [-0.2, -0.15) is 0 Å². The van der Waals surface area contributed by atoms with Crippen LogP contribution in [0.1, 0.15) is 30.4 Å². The Morgan fingerprint density at radius 3 is 2.82 bits per heavy atom. The van der Waals surface area contributed by atoms with Crippen LogP contribution in [-0.4, -0.2) is 24.1 Å². The zero-order valence-corrected chi connectivity index (χ0v) is 16.0. The maximum atomic E-state index is 13.4. The van der Waals surface area contributed by atoms with Crippen LogP contribution in [0.5, 0.6) is 0 Å². The highest BCUT2D eigenvalue weighted by Gasteiger charge is 2.37. The molecular weight excluding hydrogens is 357 g/mol. The molecule has 1 aliphatic heterocycles. The number of nitrogens with zero attached hydrogens (tertiary/aromatic N) is 2. The predicted octanol–water partition coefficient (Wildman–Crippen LogP) is 4.30. The number of hydrogen-bond donors (Lipinski definition) is 1. The summed E-state index contributed by atoms with van der Waals surface area (Å²) in [4.78, 5) is 32.2. The molecule has 0 spiro atoms. The summed E-state index contributed by atoms with van der Waals surface area (Å²) in [6.45, 7) is 3.85. The summed E-state index contributed by atoms with van der Waals surface area (Å²) < 4.78 is 13.4. The van der Waals surface area contributed by atoms with Gasteiger partial charge in [0.25, 0.3) is 0 Å². The molecule has 144 valence electrons. The van der Waals surface area contributed by atoms with E-state index in [1.807, 2.05) is 26.0 Å². The quantitative estimate of drug-likeness (QED) is 0.864. The number of aliphatic imine (C=N–C) groups is 1. The highest BCUT2D eigenvalue weighted by atomic mass is 19.1. The van der Waals surface area contributed by atoms with Crippen molar-refractivity contribution in [2.24, 2.45) is 10.9 Å². The van der Waals surface area contributed by atoms with Gasteiger partial charge in [0.05, 0.1) is 17.3 Å². The Hall–Kier alpha value is -3.02. The molecule has 4 rings (SSSR count). The van der Waals surface area contributed by atoms with Gasteiger partial charge in [-0.15, -0.1) is 0 Å². The Kier molecular flexibility index (Phi) is 4.71. The van der Waals surface area contributed by atoms with Gasteiger partial charge in [-0.1, -0.05) is 6.07 Å². The molecule has 1 aliphatic carbocycles. The van der Waals surface area contributed by atoms with Crippen molar-refractivity contribution in [1.29, 1.82) is 0 Å². The topological polar surface area (TPSA) is 61.8 Å². The van der Waals surface area contributed by atoms with E-state index in [1.165, 1.54) is 23.1 Å². The lowest BCUT2D eigenvalue weighted by Crippen LogP contribution is -2.42. The highest BCUT2D eigenvalue weighted by molar-refractivity contribution is 6.16. The molecule has 6 heteroatoms. The Bertz CT molecular complexity index is 999. The fraction of sp³-hybridized carbons (Fsp3) is 0.318. The largest absolute Gasteiger partial charge is 0.324 e. The standard InChI is InChI=1S/C22H22FN3O2/c1-13-9-19-20(10-14(13)2)26(22(28)17-7-4-8-18(17)25-19)12-21(27)24-16-6-3-5-15(23)11-16/h3,5-6,9-11,17H,4,7-8,12H2,1-2H3,(H,24,27)/t17-/m0/s1. The zero-order chi connectivity index (χ0) is 19.8. The third-order valence-corrected chi connectivity index (χ3v) is 5.45. The van der Waals surface area contributed by atoms with E-state index in [0.717, 1.165) is 41.8 Å². The Morgan fingerprint density at radius 1 is 1.25 bits per heavy atom. The third-order valence-electron chi connectivity index (χ3n) is 5.45. The number of nitrogens with one attached hydrogen (secondary N) is 1. The lowest BCUT2D eigenvalue weighted by atomic mass is 10.0. The molecule has 0 radical (unpaired) electrons. The van der Waals surface area contributed by atoms with E-state index in [1.54, 1.807) is 6.07 Å². The molecule has 5 nitrogen and oxygen atoms in total. The number of hydrogen-bond acceptors (Lipinski definition) is 3. The van der Waals surface area contributed by atoms with Crippen LogP contribution in [0.2, 0.25) is 0 Å². The SMILES string of the molecule is Cc1cc2c(cc1C)N(CC(=O)Nc1cccc(F)c1)C(=O)[C@H]1CCCC1=N2. The Balaban J connectivity index is 1.67. The predicted molar refractivity (Wildman–Crippen MR) is 108 cm³/mol. The van der Waals surface area contributed by atoms with Gasteiger partial charge in [0.15, 0.2) is 0 Å². The maximum Gasteiger partial charge on any atom is 0.244 e. The minimum absolute atomic E-state index is 0.0901. The summed E-state index contributed by atoms with van der Waals surface area (Å²) in [6.07, 6.45) is 2.50. The third kappa shape index (κ3) is 3.42. The normalized spacial score (nSPS) is 18.2. The number of benzene rings is 2. The van der Waals surface area contributed by atoms with E-state index in [9.17, 15) is 14.0 Å². The minimum Gasteiger partial charge on any atom is -0.324 e. The molecule has 2 aliphatic rings. The highest BCUT2D eigenvalue weighted by Crippen LogP contribution is 2.39. The molecular formula is C22H22FN3O2. The monoisotopic (exact) mass is 379 g/mol. The molecule has 0 saturated heterocycles. The van der Waals surface area contributed by atoms with Crippen molar-refractivity contribution in [2.45, 2.75) is 33.1 Å². The number of anilines is 2. The van der Waals surface area contributed by atoms with E-state index in [4.69, 9.17) is 4.99 Å². The average Bonchev–Trinajstić information content (AvgIpc) is 3.07. The van der Waals surface area contributed by atoms with Crippen LogP contribution in [-0.2, 0) is 9.59 Å². The second kappa shape index (κ2) is 7.19. The first kappa shape index (κ1) is 18.3. The van der Waals surface area contributed by atoms with Crippen molar-refractivity contribution in [3.63, 3.8) is 0 Å². The van der Waals surface area contributed by atoms with Gasteiger partial charge in [0.1, 0.15) is 12.4 Å². The molecule has 0 aromatic heterocycles. The van der Waals surface area contributed by atoms with Crippen molar-refractivity contribution in [1.82, 2.24) is 0 Å². The van der Waals surface area contributed by atoms with Gasteiger partial charge in [0, 0.05) is 11.4 Å². The van der Waals surface area contributed by atoms with Crippen LogP contribution in [0.3, 0.4) is 0 Å². The Labute approximate surface area is 163 Å². The van der Waals surface area contributed by atoms with Gasteiger partial charge in [0.2, 0.25) is 11.8 Å². The summed E-state index contributed by atoms with van der Waals surface area (Å²) in [5.74, 6) is -1.16. The van der Waals surface area contributed by atoms with Crippen LogP contribution >= 0.6 is 0 Å². The van der Waals surface area contributed by atoms with Crippen molar-refractivity contribution in [2.75, 3.05) is 16.8 Å². The first-order chi connectivity index (χ1) is 13.4. The number of halogens is 1. The number of aryl methyl sites for hydroxylation is 2. The molecule has 0 unspecified atom stereocenters. The summed E-state index contributed by atoms with van der Waals surface area (Å²) >= 11 is 0. The average molecular weight is 379 g/mol. The van der Waals surface area contributed by atoms with E-state index >= 15 is 0 Å². The van der Waals surface area contributed by atoms with Crippen molar-refractivity contribution in [3.05, 3.63) is 53.3 Å². The van der Waals surface area contributed by atoms with Gasteiger partial charge < -0.3 is 10.2 Å². The fourth-order valence-corrected chi connectivity index (χ4v) is 3.85. The zero-order valence-electron chi connectivity index (χ0n) is 16.0. The fourth-order valence-electron chi connectivity index (χ4n) is 3.85. The summed E-state index contributed by atoms with van der Waals surface area (Å²) in [5, 5.41) is 2.68. The minimum atomic E-state index is -0.427. The summed E-state index contributed by atoms with van der Waals surface area (Å²) in [5.41, 5.74) is 4.79. The van der Waals surface area contributed by atoms with E-state index < -0.39 is 5.82 Å². The second-order valence-corrected chi connectivity index (χ2v) is 7.46. The van der Waals surface area contributed by atoms with Crippen molar-refractivity contribution in [3.8, 4) is 0 Å². The molecule has 1 N–H and O–H groups in total. The summed E-state index contributed by atoms with van der Waals surface area (Å²) in [6, 6.07) is 9.61. The number of carbonyl (C=O) groups is 2. The van der Waals surface area contributed by atoms with Crippen LogP contribution in [0.4, 0.5) is 21.5 Å². The molecule has 2 amide bonds. The van der Waals surface area contributed by atoms with Gasteiger partial charge in [-0.05, 0) is 74.6 Å². The first-order valence-corrected chi connectivity index (χ1v) is 9.48.